The number of nitrogen functional groups attached to an aromatic ring is 1. The summed E-state index contributed by atoms with van der Waals surface area (Å²) >= 11 is 1.42. The van der Waals surface area contributed by atoms with Gasteiger partial charge in [-0.3, -0.25) is 9.78 Å². The summed E-state index contributed by atoms with van der Waals surface area (Å²) in [6, 6.07) is 2.12. The third-order valence-corrected chi connectivity index (χ3v) is 5.04. The molecule has 4 nitrogen and oxygen atoms in total. The Bertz CT molecular complexity index is 633. The van der Waals surface area contributed by atoms with Crippen LogP contribution < -0.4 is 11.1 Å². The van der Waals surface area contributed by atoms with Crippen molar-refractivity contribution in [3.8, 4) is 0 Å². The molecule has 0 saturated heterocycles. The largest absolute Gasteiger partial charge is 0.397 e. The van der Waals surface area contributed by atoms with E-state index in [9.17, 15) is 4.79 Å². The van der Waals surface area contributed by atoms with Crippen LogP contribution >= 0.6 is 11.3 Å². The van der Waals surface area contributed by atoms with Gasteiger partial charge in [0.05, 0.1) is 10.4 Å². The van der Waals surface area contributed by atoms with Gasteiger partial charge >= 0.3 is 0 Å². The molecule has 2 aromatic rings. The van der Waals surface area contributed by atoms with Crippen LogP contribution in [0.3, 0.4) is 0 Å². The van der Waals surface area contributed by atoms with Gasteiger partial charge in [0.2, 0.25) is 0 Å². The molecule has 3 rings (SSSR count). The fraction of sp³-hybridized carbons (Fsp3) is 0.467. The first-order valence-electron chi connectivity index (χ1n) is 7.12. The second-order valence-corrected chi connectivity index (χ2v) is 6.53. The van der Waals surface area contributed by atoms with Crippen LogP contribution in [0.25, 0.3) is 10.1 Å². The van der Waals surface area contributed by atoms with E-state index in [0.29, 0.717) is 10.6 Å². The standard InChI is InChI=1S/C15H19N3OS/c1-2-10(7-9-3-4-9)18-15(19)14-13(16)11-5-6-17-8-12(11)20-14/h5-6,8-10H,2-4,7,16H2,1H3,(H,18,19). The van der Waals surface area contributed by atoms with Gasteiger partial charge < -0.3 is 11.1 Å². The number of amides is 1. The normalized spacial score (nSPS) is 16.2. The van der Waals surface area contributed by atoms with Crippen LogP contribution in [0.1, 0.15) is 42.3 Å². The Kier molecular flexibility index (Phi) is 3.61. The second kappa shape index (κ2) is 5.40. The van der Waals surface area contributed by atoms with Gasteiger partial charge in [-0.15, -0.1) is 11.3 Å². The van der Waals surface area contributed by atoms with E-state index in [2.05, 4.69) is 17.2 Å². The van der Waals surface area contributed by atoms with Gasteiger partial charge in [0, 0.05) is 23.8 Å². The maximum absolute atomic E-state index is 12.4. The van der Waals surface area contributed by atoms with Crippen LogP contribution in [-0.4, -0.2) is 16.9 Å². The Morgan fingerprint density at radius 2 is 2.40 bits per heavy atom. The summed E-state index contributed by atoms with van der Waals surface area (Å²) < 4.78 is 0.963. The van der Waals surface area contributed by atoms with Crippen molar-refractivity contribution >= 4 is 33.0 Å². The lowest BCUT2D eigenvalue weighted by Crippen LogP contribution is -2.34. The van der Waals surface area contributed by atoms with E-state index < -0.39 is 0 Å². The van der Waals surface area contributed by atoms with Gasteiger partial charge in [-0.2, -0.15) is 0 Å². The molecule has 0 bridgehead atoms. The van der Waals surface area contributed by atoms with E-state index in [0.717, 1.165) is 28.8 Å². The first kappa shape index (κ1) is 13.4. The molecular weight excluding hydrogens is 270 g/mol. The number of carbonyl (C=O) groups is 1. The quantitative estimate of drug-likeness (QED) is 0.888. The molecule has 2 aromatic heterocycles. The zero-order valence-corrected chi connectivity index (χ0v) is 12.4. The van der Waals surface area contributed by atoms with Crippen molar-refractivity contribution in [3.63, 3.8) is 0 Å². The van der Waals surface area contributed by atoms with Crippen LogP contribution in [0.4, 0.5) is 5.69 Å². The van der Waals surface area contributed by atoms with Gasteiger partial charge in [-0.05, 0) is 24.8 Å². The van der Waals surface area contributed by atoms with Crippen molar-refractivity contribution in [2.24, 2.45) is 5.92 Å². The number of carbonyl (C=O) groups excluding carboxylic acids is 1. The molecular formula is C15H19N3OS. The Hall–Kier alpha value is -1.62. The van der Waals surface area contributed by atoms with Crippen LogP contribution in [0.5, 0.6) is 0 Å². The van der Waals surface area contributed by atoms with Crippen molar-refractivity contribution in [2.45, 2.75) is 38.6 Å². The van der Waals surface area contributed by atoms with Crippen molar-refractivity contribution in [1.82, 2.24) is 10.3 Å². The Morgan fingerprint density at radius 3 is 3.05 bits per heavy atom. The van der Waals surface area contributed by atoms with E-state index in [4.69, 9.17) is 5.73 Å². The molecule has 1 aliphatic carbocycles. The molecule has 20 heavy (non-hydrogen) atoms. The maximum atomic E-state index is 12.4. The minimum absolute atomic E-state index is 0.0452. The van der Waals surface area contributed by atoms with Crippen molar-refractivity contribution < 1.29 is 4.79 Å². The number of pyridine rings is 1. The SMILES string of the molecule is CCC(CC1CC1)NC(=O)c1sc2cnccc2c1N. The number of hydrogen-bond donors (Lipinski definition) is 2. The summed E-state index contributed by atoms with van der Waals surface area (Å²) in [5, 5.41) is 4.05. The molecule has 1 aliphatic rings. The molecule has 0 spiro atoms. The van der Waals surface area contributed by atoms with Crippen LogP contribution in [0.2, 0.25) is 0 Å². The Morgan fingerprint density at radius 1 is 1.60 bits per heavy atom. The second-order valence-electron chi connectivity index (χ2n) is 5.47. The summed E-state index contributed by atoms with van der Waals surface area (Å²) in [4.78, 5) is 17.1. The number of nitrogens with one attached hydrogen (secondary N) is 1. The number of nitrogens with two attached hydrogens (primary N) is 1. The lowest BCUT2D eigenvalue weighted by Gasteiger charge is -2.16. The lowest BCUT2D eigenvalue weighted by atomic mass is 10.1. The summed E-state index contributed by atoms with van der Waals surface area (Å²) in [5.41, 5.74) is 6.67. The van der Waals surface area contributed by atoms with Gasteiger partial charge in [0.15, 0.2) is 0 Å². The molecule has 0 aliphatic heterocycles. The lowest BCUT2D eigenvalue weighted by molar-refractivity contribution is 0.0937. The molecule has 0 aromatic carbocycles. The third kappa shape index (κ3) is 2.63. The molecule has 1 atom stereocenters. The molecule has 5 heteroatoms. The average Bonchev–Trinajstić information content (AvgIpc) is 3.21. The summed E-state index contributed by atoms with van der Waals surface area (Å²) in [6.45, 7) is 2.12. The highest BCUT2D eigenvalue weighted by atomic mass is 32.1. The molecule has 3 N–H and O–H groups in total. The number of hydrogen-bond acceptors (Lipinski definition) is 4. The molecule has 0 radical (unpaired) electrons. The number of anilines is 1. The van der Waals surface area contributed by atoms with Crippen LogP contribution in [-0.2, 0) is 0 Å². The molecule has 1 fully saturated rings. The molecule has 1 amide bonds. The van der Waals surface area contributed by atoms with Crippen molar-refractivity contribution in [1.29, 1.82) is 0 Å². The van der Waals surface area contributed by atoms with Crippen molar-refractivity contribution in [3.05, 3.63) is 23.3 Å². The van der Waals surface area contributed by atoms with E-state index in [1.807, 2.05) is 6.07 Å². The highest BCUT2D eigenvalue weighted by Gasteiger charge is 2.26. The number of fused-ring (bicyclic) bond motifs is 1. The Labute approximate surface area is 122 Å². The fourth-order valence-electron chi connectivity index (χ4n) is 2.47. The van der Waals surface area contributed by atoms with E-state index >= 15 is 0 Å². The van der Waals surface area contributed by atoms with Gasteiger partial charge in [-0.1, -0.05) is 19.8 Å². The maximum Gasteiger partial charge on any atom is 0.263 e. The fourth-order valence-corrected chi connectivity index (χ4v) is 3.47. The number of thiophene rings is 1. The van der Waals surface area contributed by atoms with Crippen LogP contribution in [0.15, 0.2) is 18.5 Å². The molecule has 106 valence electrons. The monoisotopic (exact) mass is 289 g/mol. The number of aromatic nitrogens is 1. The van der Waals surface area contributed by atoms with Crippen LogP contribution in [0, 0.1) is 5.92 Å². The van der Waals surface area contributed by atoms with E-state index in [1.165, 1.54) is 24.2 Å². The van der Waals surface area contributed by atoms with E-state index in [-0.39, 0.29) is 11.9 Å². The van der Waals surface area contributed by atoms with Gasteiger partial charge in [0.25, 0.3) is 5.91 Å². The number of rotatable bonds is 5. The predicted molar refractivity (Wildman–Crippen MR) is 82.9 cm³/mol. The first-order chi connectivity index (χ1) is 9.69. The minimum atomic E-state index is -0.0452. The summed E-state index contributed by atoms with van der Waals surface area (Å²) in [7, 11) is 0. The summed E-state index contributed by atoms with van der Waals surface area (Å²) in [6.07, 6.45) is 8.14. The molecule has 1 saturated carbocycles. The third-order valence-electron chi connectivity index (χ3n) is 3.88. The van der Waals surface area contributed by atoms with Crippen molar-refractivity contribution in [2.75, 3.05) is 5.73 Å². The van der Waals surface area contributed by atoms with E-state index in [1.54, 1.807) is 12.4 Å². The minimum Gasteiger partial charge on any atom is -0.397 e. The highest BCUT2D eigenvalue weighted by molar-refractivity contribution is 7.21. The average molecular weight is 289 g/mol. The first-order valence-corrected chi connectivity index (χ1v) is 7.93. The van der Waals surface area contributed by atoms with Gasteiger partial charge in [0.1, 0.15) is 4.88 Å². The molecule has 2 heterocycles. The number of nitrogens with zero attached hydrogens (tertiary/aromatic N) is 1. The Balaban J connectivity index is 1.78. The zero-order valence-electron chi connectivity index (χ0n) is 11.6. The summed E-state index contributed by atoms with van der Waals surface area (Å²) in [5.74, 6) is 0.764. The topological polar surface area (TPSA) is 68.0 Å². The zero-order chi connectivity index (χ0) is 14.1. The highest BCUT2D eigenvalue weighted by Crippen LogP contribution is 2.35. The van der Waals surface area contributed by atoms with Gasteiger partial charge in [-0.25, -0.2) is 0 Å². The predicted octanol–water partition coefficient (Wildman–Crippen LogP) is 3.19. The molecule has 1 unspecified atom stereocenters. The smallest absolute Gasteiger partial charge is 0.263 e.